The van der Waals surface area contributed by atoms with Gasteiger partial charge in [0.2, 0.25) is 6.17 Å². The van der Waals surface area contributed by atoms with Crippen LogP contribution in [0.3, 0.4) is 0 Å². The third-order valence-corrected chi connectivity index (χ3v) is 5.44. The summed E-state index contributed by atoms with van der Waals surface area (Å²) in [5.74, 6) is -0.0674. The molecule has 2 aromatic carbocycles. The molecular weight excluding hydrogens is 366 g/mol. The fourth-order valence-electron chi connectivity index (χ4n) is 3.96. The average Bonchev–Trinajstić information content (AvgIpc) is 2.90. The van der Waals surface area contributed by atoms with E-state index in [4.69, 9.17) is 9.73 Å². The summed E-state index contributed by atoms with van der Waals surface area (Å²) in [4.78, 5) is 29.8. The first kappa shape index (κ1) is 19.2. The van der Waals surface area contributed by atoms with Crippen LogP contribution in [0.1, 0.15) is 43.2 Å². The van der Waals surface area contributed by atoms with Crippen LogP contribution in [0.5, 0.6) is 0 Å². The lowest BCUT2D eigenvalue weighted by Gasteiger charge is -2.24. The molecule has 0 aromatic heterocycles. The minimum absolute atomic E-state index is 0.139. The first-order valence-electron chi connectivity index (χ1n) is 10.2. The van der Waals surface area contributed by atoms with Gasteiger partial charge in [-0.25, -0.2) is 4.79 Å². The quantitative estimate of drug-likeness (QED) is 0.817. The number of amides is 2. The molecule has 2 aromatic rings. The van der Waals surface area contributed by atoms with Crippen molar-refractivity contribution >= 4 is 23.4 Å². The van der Waals surface area contributed by atoms with Gasteiger partial charge in [0.05, 0.1) is 5.71 Å². The van der Waals surface area contributed by atoms with Gasteiger partial charge in [0.25, 0.3) is 5.91 Å². The van der Waals surface area contributed by atoms with Gasteiger partial charge in [0, 0.05) is 17.2 Å². The molecule has 1 aliphatic heterocycles. The molecule has 1 saturated carbocycles. The number of anilines is 1. The molecule has 0 saturated heterocycles. The van der Waals surface area contributed by atoms with Crippen LogP contribution in [-0.4, -0.2) is 23.9 Å². The molecule has 0 radical (unpaired) electrons. The van der Waals surface area contributed by atoms with Gasteiger partial charge in [-0.15, -0.1) is 0 Å². The number of hydrogen-bond donors (Lipinski definition) is 2. The maximum Gasteiger partial charge on any atom is 0.409 e. The van der Waals surface area contributed by atoms with E-state index in [9.17, 15) is 9.59 Å². The van der Waals surface area contributed by atoms with Crippen LogP contribution in [0, 0.1) is 5.92 Å². The number of nitrogens with zero attached hydrogens (tertiary/aromatic N) is 1. The lowest BCUT2D eigenvalue weighted by Crippen LogP contribution is -2.42. The van der Waals surface area contributed by atoms with Gasteiger partial charge in [-0.2, -0.15) is 0 Å². The second kappa shape index (κ2) is 8.90. The van der Waals surface area contributed by atoms with Crippen molar-refractivity contribution in [2.75, 3.05) is 5.32 Å². The van der Waals surface area contributed by atoms with E-state index < -0.39 is 12.3 Å². The molecular formula is C23H25N3O3. The maximum atomic E-state index is 12.7. The topological polar surface area (TPSA) is 79.8 Å². The Bertz CT molecular complexity index is 905. The molecule has 0 spiro atoms. The van der Waals surface area contributed by atoms with Crippen molar-refractivity contribution in [3.8, 4) is 0 Å². The molecule has 2 amide bonds. The van der Waals surface area contributed by atoms with E-state index in [0.29, 0.717) is 5.92 Å². The molecule has 1 aliphatic carbocycles. The Morgan fingerprint density at radius 1 is 1.03 bits per heavy atom. The van der Waals surface area contributed by atoms with Crippen LogP contribution >= 0.6 is 0 Å². The zero-order valence-electron chi connectivity index (χ0n) is 16.3. The molecule has 2 aliphatic rings. The minimum atomic E-state index is -1.01. The standard InChI is InChI=1S/C23H25N3O3/c27-22-21(26-23(28)29-15-16-9-3-1-4-10-16)25-20(17-11-5-2-6-12-17)18-13-7-8-14-19(18)24-22/h1,3-4,7-10,13-14,17,21H,2,5-6,11-12,15H2,(H,24,27)(H,26,28)/t21-/m1/s1. The molecule has 1 fully saturated rings. The highest BCUT2D eigenvalue weighted by molar-refractivity contribution is 6.13. The molecule has 6 heteroatoms. The lowest BCUT2D eigenvalue weighted by atomic mass is 9.83. The number of hydrogen-bond acceptors (Lipinski definition) is 4. The summed E-state index contributed by atoms with van der Waals surface area (Å²) in [6.45, 7) is 0.139. The summed E-state index contributed by atoms with van der Waals surface area (Å²) in [6.07, 6.45) is 3.97. The third-order valence-electron chi connectivity index (χ3n) is 5.44. The Morgan fingerprint density at radius 3 is 2.55 bits per heavy atom. The second-order valence-electron chi connectivity index (χ2n) is 7.49. The van der Waals surface area contributed by atoms with Gasteiger partial charge in [-0.05, 0) is 24.5 Å². The Labute approximate surface area is 170 Å². The first-order chi connectivity index (χ1) is 14.2. The monoisotopic (exact) mass is 391 g/mol. The number of carbonyl (C=O) groups excluding carboxylic acids is 2. The summed E-state index contributed by atoms with van der Waals surface area (Å²) in [7, 11) is 0. The predicted molar refractivity (Wildman–Crippen MR) is 112 cm³/mol. The van der Waals surface area contributed by atoms with Crippen molar-refractivity contribution in [1.29, 1.82) is 0 Å². The van der Waals surface area contributed by atoms with Crippen LogP contribution in [0.2, 0.25) is 0 Å². The van der Waals surface area contributed by atoms with E-state index in [-0.39, 0.29) is 12.5 Å². The smallest absolute Gasteiger partial charge is 0.409 e. The SMILES string of the molecule is O=C(N[C@H]1N=C(C2CCCCC2)c2ccccc2NC1=O)OCc1ccccc1. The highest BCUT2D eigenvalue weighted by Gasteiger charge is 2.30. The van der Waals surface area contributed by atoms with Gasteiger partial charge in [0.1, 0.15) is 6.61 Å². The van der Waals surface area contributed by atoms with Crippen molar-refractivity contribution in [3.63, 3.8) is 0 Å². The summed E-state index contributed by atoms with van der Waals surface area (Å²) < 4.78 is 5.28. The Balaban J connectivity index is 1.52. The number of benzene rings is 2. The fraction of sp³-hybridized carbons (Fsp3) is 0.348. The second-order valence-corrected chi connectivity index (χ2v) is 7.49. The molecule has 150 valence electrons. The van der Waals surface area contributed by atoms with Crippen LogP contribution in [0.25, 0.3) is 0 Å². The van der Waals surface area contributed by atoms with Crippen LogP contribution in [0.15, 0.2) is 59.6 Å². The summed E-state index contributed by atoms with van der Waals surface area (Å²) >= 11 is 0. The summed E-state index contributed by atoms with van der Waals surface area (Å²) in [5, 5.41) is 5.52. The van der Waals surface area contributed by atoms with Crippen molar-refractivity contribution in [3.05, 3.63) is 65.7 Å². The average molecular weight is 391 g/mol. The predicted octanol–water partition coefficient (Wildman–Crippen LogP) is 4.26. The van der Waals surface area contributed by atoms with E-state index in [0.717, 1.165) is 48.2 Å². The molecule has 1 atom stereocenters. The molecule has 2 N–H and O–H groups in total. The highest BCUT2D eigenvalue weighted by Crippen LogP contribution is 2.31. The zero-order chi connectivity index (χ0) is 20.1. The number of rotatable bonds is 4. The van der Waals surface area contributed by atoms with Gasteiger partial charge in [-0.1, -0.05) is 67.8 Å². The summed E-state index contributed by atoms with van der Waals surface area (Å²) in [6, 6.07) is 17.1. The Kier molecular flexibility index (Phi) is 5.89. The van der Waals surface area contributed by atoms with E-state index >= 15 is 0 Å². The van der Waals surface area contributed by atoms with E-state index in [1.165, 1.54) is 6.42 Å². The Hall–Kier alpha value is -3.15. The number of carbonyl (C=O) groups is 2. The minimum Gasteiger partial charge on any atom is -0.445 e. The van der Waals surface area contributed by atoms with Gasteiger partial charge in [-0.3, -0.25) is 15.1 Å². The molecule has 29 heavy (non-hydrogen) atoms. The van der Waals surface area contributed by atoms with E-state index in [2.05, 4.69) is 10.6 Å². The first-order valence-corrected chi connectivity index (χ1v) is 10.2. The number of fused-ring (bicyclic) bond motifs is 1. The number of para-hydroxylation sites is 1. The number of nitrogens with one attached hydrogen (secondary N) is 2. The number of benzodiazepines with no additional fused rings is 1. The van der Waals surface area contributed by atoms with E-state index in [1.807, 2.05) is 54.6 Å². The largest absolute Gasteiger partial charge is 0.445 e. The third kappa shape index (κ3) is 4.65. The van der Waals surface area contributed by atoms with Gasteiger partial charge in [0.15, 0.2) is 0 Å². The van der Waals surface area contributed by atoms with Crippen LogP contribution in [0.4, 0.5) is 10.5 Å². The highest BCUT2D eigenvalue weighted by atomic mass is 16.5. The molecule has 0 unspecified atom stereocenters. The van der Waals surface area contributed by atoms with Crippen molar-refractivity contribution < 1.29 is 14.3 Å². The number of aliphatic imine (C=N–C) groups is 1. The molecule has 1 heterocycles. The maximum absolute atomic E-state index is 12.7. The molecule has 6 nitrogen and oxygen atoms in total. The zero-order valence-corrected chi connectivity index (χ0v) is 16.3. The fourth-order valence-corrected chi connectivity index (χ4v) is 3.96. The summed E-state index contributed by atoms with van der Waals surface area (Å²) in [5.41, 5.74) is 3.46. The van der Waals surface area contributed by atoms with E-state index in [1.54, 1.807) is 0 Å². The molecule has 4 rings (SSSR count). The Morgan fingerprint density at radius 2 is 1.76 bits per heavy atom. The normalized spacial score (nSPS) is 19.4. The lowest BCUT2D eigenvalue weighted by molar-refractivity contribution is -0.117. The van der Waals surface area contributed by atoms with Gasteiger partial charge < -0.3 is 10.1 Å². The van der Waals surface area contributed by atoms with Crippen molar-refractivity contribution in [1.82, 2.24) is 5.32 Å². The van der Waals surface area contributed by atoms with Crippen LogP contribution < -0.4 is 10.6 Å². The van der Waals surface area contributed by atoms with Crippen molar-refractivity contribution in [2.45, 2.75) is 44.9 Å². The molecule has 0 bridgehead atoms. The van der Waals surface area contributed by atoms with Gasteiger partial charge >= 0.3 is 6.09 Å². The number of alkyl carbamates (subject to hydrolysis) is 1. The number of ether oxygens (including phenoxy) is 1. The van der Waals surface area contributed by atoms with Crippen LogP contribution in [-0.2, 0) is 16.1 Å². The van der Waals surface area contributed by atoms with Crippen molar-refractivity contribution in [2.24, 2.45) is 10.9 Å².